The van der Waals surface area contributed by atoms with Gasteiger partial charge in [-0.05, 0) is 41.7 Å². The van der Waals surface area contributed by atoms with Gasteiger partial charge in [-0.2, -0.15) is 74.6 Å². The number of carbonyl (C=O) groups excluding carboxylic acids is 1. The molecular weight excluding hydrogens is 817 g/mol. The van der Waals surface area contributed by atoms with Crippen molar-refractivity contribution >= 4 is 14.2 Å². The largest absolute Gasteiger partial charge is 0.491 e. The quantitative estimate of drug-likeness (QED) is 0.0304. The van der Waals surface area contributed by atoms with Crippen molar-refractivity contribution in [2.75, 3.05) is 13.2 Å². The summed E-state index contributed by atoms with van der Waals surface area (Å²) in [5, 5.41) is 19.3. The van der Waals surface area contributed by atoms with Crippen molar-refractivity contribution in [2.24, 2.45) is 5.92 Å². The number of alkyl halides is 17. The van der Waals surface area contributed by atoms with Crippen molar-refractivity contribution in [3.63, 3.8) is 0 Å². The predicted molar refractivity (Wildman–Crippen MR) is 162 cm³/mol. The number of aliphatic hydroxyl groups excluding tert-OH is 1. The van der Waals surface area contributed by atoms with Gasteiger partial charge >= 0.3 is 47.6 Å². The molecule has 0 radical (unpaired) electrons. The SMILES string of the molecule is C/C(=C\[C@H](C)[C@@H](O)c1ccc(OCCO[Si](CCC(F)(F)C(F)(F)C(F)(F)C(F)(F)C(F)(F)C(F)(F)C(F)(F)C(F)(F)F)(C(C)C)C(C)C)cc1)C(=O)NO. The maximum atomic E-state index is 14.8. The minimum Gasteiger partial charge on any atom is -0.491 e. The molecule has 0 bridgehead atoms. The Bertz CT molecular complexity index is 1460. The molecule has 0 unspecified atom stereocenters. The van der Waals surface area contributed by atoms with Gasteiger partial charge in [-0.15, -0.1) is 0 Å². The monoisotopic (exact) mass is 855 g/mol. The fourth-order valence-electron chi connectivity index (χ4n) is 5.46. The lowest BCUT2D eigenvalue weighted by molar-refractivity contribution is -0.461. The summed E-state index contributed by atoms with van der Waals surface area (Å²) in [6.45, 7) is 7.29. The van der Waals surface area contributed by atoms with Crippen molar-refractivity contribution in [1.29, 1.82) is 0 Å². The van der Waals surface area contributed by atoms with E-state index in [-0.39, 0.29) is 11.3 Å². The zero-order valence-electron chi connectivity index (χ0n) is 29.6. The van der Waals surface area contributed by atoms with Crippen LogP contribution in [0.3, 0.4) is 0 Å². The number of hydrogen-bond acceptors (Lipinski definition) is 5. The third-order valence-electron chi connectivity index (χ3n) is 8.99. The molecular formula is C31H38F17NO5Si. The Balaban J connectivity index is 3.24. The second kappa shape index (κ2) is 16.9. The summed E-state index contributed by atoms with van der Waals surface area (Å²) in [7, 11) is -3.96. The number of benzene rings is 1. The van der Waals surface area contributed by atoms with E-state index in [0.29, 0.717) is 5.56 Å². The molecule has 0 saturated heterocycles. The van der Waals surface area contributed by atoms with E-state index in [1.807, 2.05) is 0 Å². The molecule has 0 heterocycles. The molecule has 0 saturated carbocycles. The molecule has 320 valence electrons. The molecule has 1 aromatic rings. The molecule has 24 heteroatoms. The van der Waals surface area contributed by atoms with Crippen molar-refractivity contribution < 1.29 is 98.9 Å². The highest BCUT2D eigenvalue weighted by Crippen LogP contribution is 2.64. The Kier molecular flexibility index (Phi) is 15.4. The third kappa shape index (κ3) is 9.31. The topological polar surface area (TPSA) is 88.0 Å². The van der Waals surface area contributed by atoms with E-state index >= 15 is 0 Å². The fourth-order valence-corrected chi connectivity index (χ4v) is 9.93. The van der Waals surface area contributed by atoms with Crippen LogP contribution in [0, 0.1) is 5.92 Å². The molecule has 6 nitrogen and oxygen atoms in total. The van der Waals surface area contributed by atoms with E-state index < -0.39 is 111 Å². The lowest BCUT2D eigenvalue weighted by atomic mass is 9.88. The average molecular weight is 856 g/mol. The van der Waals surface area contributed by atoms with Crippen molar-refractivity contribution in [3.05, 3.63) is 41.5 Å². The number of aliphatic hydroxyl groups is 1. The molecule has 1 amide bonds. The summed E-state index contributed by atoms with van der Waals surface area (Å²) in [5.74, 6) is -58.0. The van der Waals surface area contributed by atoms with Gasteiger partial charge < -0.3 is 14.3 Å². The van der Waals surface area contributed by atoms with Gasteiger partial charge in [-0.3, -0.25) is 10.0 Å². The number of halogens is 17. The Morgan fingerprint density at radius 1 is 0.709 bits per heavy atom. The number of hydroxylamine groups is 1. The van der Waals surface area contributed by atoms with Crippen molar-refractivity contribution in [3.8, 4) is 5.75 Å². The van der Waals surface area contributed by atoms with Gasteiger partial charge in [0.1, 0.15) is 12.4 Å². The normalized spacial score (nSPS) is 16.1. The maximum absolute atomic E-state index is 14.8. The van der Waals surface area contributed by atoms with E-state index in [4.69, 9.17) is 14.4 Å². The summed E-state index contributed by atoms with van der Waals surface area (Å²) in [5.41, 5.74) is 0.135. The summed E-state index contributed by atoms with van der Waals surface area (Å²) < 4.78 is 245. The second-order valence-electron chi connectivity index (χ2n) is 13.3. The van der Waals surface area contributed by atoms with Gasteiger partial charge in [0.15, 0.2) is 8.32 Å². The van der Waals surface area contributed by atoms with Crippen LogP contribution < -0.4 is 10.2 Å². The van der Waals surface area contributed by atoms with Crippen LogP contribution in [0.4, 0.5) is 74.6 Å². The Morgan fingerprint density at radius 2 is 1.13 bits per heavy atom. The van der Waals surface area contributed by atoms with Gasteiger partial charge in [-0.25, -0.2) is 5.48 Å². The molecule has 0 aliphatic rings. The molecule has 0 fully saturated rings. The molecule has 2 atom stereocenters. The number of rotatable bonds is 20. The van der Waals surface area contributed by atoms with E-state index in [1.165, 1.54) is 70.4 Å². The molecule has 0 aliphatic heterocycles. The number of hydrogen-bond donors (Lipinski definition) is 3. The first-order chi connectivity index (χ1) is 24.5. The molecule has 0 spiro atoms. The molecule has 0 aliphatic carbocycles. The van der Waals surface area contributed by atoms with Crippen LogP contribution in [-0.2, 0) is 9.22 Å². The second-order valence-corrected chi connectivity index (χ2v) is 18.3. The lowest BCUT2D eigenvalue weighted by Gasteiger charge is -2.44. The minimum atomic E-state index is -8.69. The van der Waals surface area contributed by atoms with E-state index in [1.54, 1.807) is 6.92 Å². The summed E-state index contributed by atoms with van der Waals surface area (Å²) >= 11 is 0. The van der Waals surface area contributed by atoms with E-state index in [9.17, 15) is 84.5 Å². The highest BCUT2D eigenvalue weighted by atomic mass is 28.4. The molecule has 1 rings (SSSR count). The zero-order valence-corrected chi connectivity index (χ0v) is 30.6. The van der Waals surface area contributed by atoms with Gasteiger partial charge in [-0.1, -0.05) is 52.8 Å². The number of nitrogens with one attached hydrogen (secondary N) is 1. The lowest BCUT2D eigenvalue weighted by Crippen LogP contribution is -2.74. The van der Waals surface area contributed by atoms with Crippen LogP contribution in [0.15, 0.2) is 35.9 Å². The third-order valence-corrected chi connectivity index (χ3v) is 14.7. The molecule has 1 aromatic carbocycles. The highest BCUT2D eigenvalue weighted by Gasteiger charge is 2.95. The standard InChI is InChI=1S/C31H38F17NO5Si/c1-16(2)55(17(3)4,54-13-12-53-21-9-7-20(8-10-21)22(50)18(5)15-19(6)23(51)49-52)14-11-24(32,33)25(34,35)26(36,37)27(38,39)28(40,41)29(42,43)30(44,45)31(46,47)48/h7-10,15-18,22,50,52H,11-14H2,1-6H3,(H,49,51)/b19-15+/t18-,22+/m0/s1. The molecule has 55 heavy (non-hydrogen) atoms. The van der Waals surface area contributed by atoms with Crippen LogP contribution in [0.2, 0.25) is 17.1 Å². The van der Waals surface area contributed by atoms with Gasteiger partial charge in [0.25, 0.3) is 5.91 Å². The minimum absolute atomic E-state index is 0.0957. The van der Waals surface area contributed by atoms with Crippen LogP contribution in [0.5, 0.6) is 5.75 Å². The number of amides is 1. The maximum Gasteiger partial charge on any atom is 0.460 e. The Morgan fingerprint density at radius 3 is 1.53 bits per heavy atom. The van der Waals surface area contributed by atoms with Crippen molar-refractivity contribution in [2.45, 2.75) is 119 Å². The fraction of sp³-hybridized carbons (Fsp3) is 0.710. The Hall–Kier alpha value is -2.86. The van der Waals surface area contributed by atoms with Gasteiger partial charge in [0.05, 0.1) is 12.7 Å². The van der Waals surface area contributed by atoms with Crippen LogP contribution in [-0.4, -0.2) is 85.4 Å². The summed E-state index contributed by atoms with van der Waals surface area (Å²) in [6.07, 6.45) is -10.1. The number of ether oxygens (including phenoxy) is 1. The first-order valence-electron chi connectivity index (χ1n) is 15.9. The Labute approximate surface area is 304 Å². The van der Waals surface area contributed by atoms with E-state index in [0.717, 1.165) is 0 Å². The van der Waals surface area contributed by atoms with Crippen LogP contribution >= 0.6 is 0 Å². The number of carbonyl (C=O) groups is 1. The molecule has 0 aromatic heterocycles. The first-order valence-corrected chi connectivity index (χ1v) is 18.1. The smallest absolute Gasteiger partial charge is 0.460 e. The van der Waals surface area contributed by atoms with Crippen molar-refractivity contribution in [1.82, 2.24) is 5.48 Å². The summed E-state index contributed by atoms with van der Waals surface area (Å²) in [4.78, 5) is 11.5. The van der Waals surface area contributed by atoms with E-state index in [2.05, 4.69) is 0 Å². The average Bonchev–Trinajstić information content (AvgIpc) is 3.05. The highest BCUT2D eigenvalue weighted by molar-refractivity contribution is 6.76. The van der Waals surface area contributed by atoms with Crippen LogP contribution in [0.1, 0.15) is 59.6 Å². The van der Waals surface area contributed by atoms with Gasteiger partial charge in [0.2, 0.25) is 0 Å². The zero-order chi connectivity index (χ0) is 43.6. The van der Waals surface area contributed by atoms with Crippen LogP contribution in [0.25, 0.3) is 0 Å². The first kappa shape index (κ1) is 50.2. The van der Waals surface area contributed by atoms with Gasteiger partial charge in [0, 0.05) is 17.9 Å². The predicted octanol–water partition coefficient (Wildman–Crippen LogP) is 10.4. The molecule has 3 N–H and O–H groups in total. The summed E-state index contributed by atoms with van der Waals surface area (Å²) in [6, 6.07) is 4.23.